The molecule has 1 heterocycles. The molecule has 0 radical (unpaired) electrons. The number of oxazole rings is 1. The van der Waals surface area contributed by atoms with Crippen LogP contribution in [0.5, 0.6) is 0 Å². The van der Waals surface area contributed by atoms with Crippen molar-refractivity contribution >= 4 is 51.8 Å². The molecular formula is C17H13ClN2O3S. The Labute approximate surface area is 147 Å². The summed E-state index contributed by atoms with van der Waals surface area (Å²) in [7, 11) is 0. The number of rotatable bonds is 5. The van der Waals surface area contributed by atoms with E-state index in [2.05, 4.69) is 10.3 Å². The highest BCUT2D eigenvalue weighted by atomic mass is 35.5. The molecule has 0 spiro atoms. The maximum absolute atomic E-state index is 12.0. The number of nitrogens with one attached hydrogen (secondary N) is 1. The summed E-state index contributed by atoms with van der Waals surface area (Å²) < 4.78 is 5.54. The van der Waals surface area contributed by atoms with Crippen molar-refractivity contribution in [2.24, 2.45) is 0 Å². The molecule has 24 heavy (non-hydrogen) atoms. The normalized spacial score (nSPS) is 10.8. The molecule has 0 saturated carbocycles. The molecule has 0 saturated heterocycles. The molecule has 0 fully saturated rings. The number of hydrogen-bond donors (Lipinski definition) is 1. The summed E-state index contributed by atoms with van der Waals surface area (Å²) in [4.78, 5) is 27.7. The van der Waals surface area contributed by atoms with Crippen molar-refractivity contribution in [3.8, 4) is 0 Å². The number of halogens is 1. The number of amides is 1. The first-order chi connectivity index (χ1) is 11.5. The number of thioether (sulfide) groups is 1. The van der Waals surface area contributed by atoms with Crippen molar-refractivity contribution in [2.75, 3.05) is 11.1 Å². The monoisotopic (exact) mass is 360 g/mol. The van der Waals surface area contributed by atoms with Gasteiger partial charge in [0.1, 0.15) is 5.52 Å². The first-order valence-corrected chi connectivity index (χ1v) is 8.47. The lowest BCUT2D eigenvalue weighted by molar-refractivity contribution is -0.113. The lowest BCUT2D eigenvalue weighted by Gasteiger charge is -2.05. The van der Waals surface area contributed by atoms with E-state index in [1.807, 2.05) is 0 Å². The fourth-order valence-corrected chi connectivity index (χ4v) is 2.88. The number of fused-ring (bicyclic) bond motifs is 1. The molecule has 5 nitrogen and oxygen atoms in total. The van der Waals surface area contributed by atoms with E-state index < -0.39 is 0 Å². The quantitative estimate of drug-likeness (QED) is 0.538. The predicted molar refractivity (Wildman–Crippen MR) is 94.8 cm³/mol. The largest absolute Gasteiger partial charge is 0.431 e. The van der Waals surface area contributed by atoms with Gasteiger partial charge in [-0.3, -0.25) is 9.59 Å². The van der Waals surface area contributed by atoms with E-state index in [4.69, 9.17) is 16.0 Å². The van der Waals surface area contributed by atoms with Gasteiger partial charge in [0, 0.05) is 22.3 Å². The molecule has 3 rings (SSSR count). The summed E-state index contributed by atoms with van der Waals surface area (Å²) in [5, 5.41) is 3.72. The summed E-state index contributed by atoms with van der Waals surface area (Å²) >= 11 is 7.09. The topological polar surface area (TPSA) is 72.2 Å². The zero-order valence-electron chi connectivity index (χ0n) is 12.7. The minimum absolute atomic E-state index is 0.0504. The predicted octanol–water partition coefficient (Wildman–Crippen LogP) is 4.41. The van der Waals surface area contributed by atoms with Gasteiger partial charge in [0.05, 0.1) is 5.75 Å². The fraction of sp³-hybridized carbons (Fsp3) is 0.118. The van der Waals surface area contributed by atoms with E-state index in [0.29, 0.717) is 32.6 Å². The van der Waals surface area contributed by atoms with E-state index >= 15 is 0 Å². The zero-order chi connectivity index (χ0) is 17.1. The zero-order valence-corrected chi connectivity index (χ0v) is 14.3. The highest BCUT2D eigenvalue weighted by Gasteiger charge is 2.10. The Balaban J connectivity index is 1.62. The van der Waals surface area contributed by atoms with Crippen molar-refractivity contribution in [3.63, 3.8) is 0 Å². The Kier molecular flexibility index (Phi) is 4.87. The number of benzene rings is 2. The van der Waals surface area contributed by atoms with Crippen LogP contribution in [0.25, 0.3) is 11.1 Å². The number of carbonyl (C=O) groups is 2. The average molecular weight is 361 g/mol. The SMILES string of the molecule is CC(=O)c1cccc(NC(=O)CSc2nc3ccc(Cl)cc3o2)c1. The summed E-state index contributed by atoms with van der Waals surface area (Å²) in [6.45, 7) is 1.48. The van der Waals surface area contributed by atoms with Gasteiger partial charge < -0.3 is 9.73 Å². The van der Waals surface area contributed by atoms with Crippen LogP contribution in [0, 0.1) is 0 Å². The van der Waals surface area contributed by atoms with Gasteiger partial charge in [-0.2, -0.15) is 0 Å². The smallest absolute Gasteiger partial charge is 0.257 e. The van der Waals surface area contributed by atoms with Gasteiger partial charge in [0.15, 0.2) is 11.4 Å². The number of aromatic nitrogens is 1. The maximum atomic E-state index is 12.0. The van der Waals surface area contributed by atoms with Crippen molar-refractivity contribution in [3.05, 3.63) is 53.1 Å². The molecule has 1 aromatic heterocycles. The van der Waals surface area contributed by atoms with Crippen molar-refractivity contribution in [1.29, 1.82) is 0 Å². The van der Waals surface area contributed by atoms with Gasteiger partial charge in [-0.25, -0.2) is 4.98 Å². The Morgan fingerprint density at radius 2 is 2.08 bits per heavy atom. The molecule has 0 unspecified atom stereocenters. The van der Waals surface area contributed by atoms with Gasteiger partial charge in [-0.1, -0.05) is 35.5 Å². The lowest BCUT2D eigenvalue weighted by Crippen LogP contribution is -2.14. The van der Waals surface area contributed by atoms with Crippen molar-refractivity contribution < 1.29 is 14.0 Å². The van der Waals surface area contributed by atoms with Crippen LogP contribution in [-0.4, -0.2) is 22.4 Å². The van der Waals surface area contributed by atoms with Crippen LogP contribution in [0.1, 0.15) is 17.3 Å². The molecule has 0 atom stereocenters. The summed E-state index contributed by atoms with van der Waals surface area (Å²) in [6, 6.07) is 12.0. The molecule has 0 bridgehead atoms. The standard InChI is InChI=1S/C17H13ClN2O3S/c1-10(21)11-3-2-4-13(7-11)19-16(22)9-24-17-20-14-6-5-12(18)8-15(14)23-17/h2-8H,9H2,1H3,(H,19,22). The average Bonchev–Trinajstić information content (AvgIpc) is 2.95. The molecule has 1 N–H and O–H groups in total. The van der Waals surface area contributed by atoms with Crippen LogP contribution in [0.15, 0.2) is 52.1 Å². The third-order valence-electron chi connectivity index (χ3n) is 3.21. The first-order valence-electron chi connectivity index (χ1n) is 7.11. The molecule has 0 aliphatic rings. The van der Waals surface area contributed by atoms with E-state index in [1.165, 1.54) is 18.7 Å². The van der Waals surface area contributed by atoms with Gasteiger partial charge in [0.2, 0.25) is 5.91 Å². The highest BCUT2D eigenvalue weighted by Crippen LogP contribution is 2.25. The number of carbonyl (C=O) groups excluding carboxylic acids is 2. The van der Waals surface area contributed by atoms with Crippen LogP contribution in [0.3, 0.4) is 0 Å². The van der Waals surface area contributed by atoms with Gasteiger partial charge in [-0.15, -0.1) is 0 Å². The summed E-state index contributed by atoms with van der Waals surface area (Å²) in [5.41, 5.74) is 2.41. The second kappa shape index (κ2) is 7.07. The van der Waals surface area contributed by atoms with Gasteiger partial charge in [0.25, 0.3) is 5.22 Å². The molecular weight excluding hydrogens is 348 g/mol. The Morgan fingerprint density at radius 3 is 2.88 bits per heavy atom. The molecule has 3 aromatic rings. The highest BCUT2D eigenvalue weighted by molar-refractivity contribution is 7.99. The lowest BCUT2D eigenvalue weighted by atomic mass is 10.1. The molecule has 2 aromatic carbocycles. The third-order valence-corrected chi connectivity index (χ3v) is 4.27. The molecule has 7 heteroatoms. The Hall–Kier alpha value is -2.31. The second-order valence-corrected chi connectivity index (χ2v) is 6.43. The number of nitrogens with zero attached hydrogens (tertiary/aromatic N) is 1. The molecule has 0 aliphatic heterocycles. The number of anilines is 1. The van der Waals surface area contributed by atoms with Crippen LogP contribution >= 0.6 is 23.4 Å². The third kappa shape index (κ3) is 3.96. The van der Waals surface area contributed by atoms with Crippen LogP contribution in [0.4, 0.5) is 5.69 Å². The molecule has 0 aliphatic carbocycles. The van der Waals surface area contributed by atoms with Gasteiger partial charge >= 0.3 is 0 Å². The second-order valence-electron chi connectivity index (χ2n) is 5.07. The van der Waals surface area contributed by atoms with E-state index in [-0.39, 0.29) is 17.4 Å². The summed E-state index contributed by atoms with van der Waals surface area (Å²) in [5.74, 6) is -0.114. The van der Waals surface area contributed by atoms with Crippen molar-refractivity contribution in [1.82, 2.24) is 4.98 Å². The maximum Gasteiger partial charge on any atom is 0.257 e. The minimum Gasteiger partial charge on any atom is -0.431 e. The Morgan fingerprint density at radius 1 is 1.25 bits per heavy atom. The van der Waals surface area contributed by atoms with Crippen LogP contribution in [0.2, 0.25) is 5.02 Å². The molecule has 122 valence electrons. The van der Waals surface area contributed by atoms with E-state index in [0.717, 1.165) is 0 Å². The van der Waals surface area contributed by atoms with Crippen LogP contribution < -0.4 is 5.32 Å². The summed E-state index contributed by atoms with van der Waals surface area (Å²) in [6.07, 6.45) is 0. The van der Waals surface area contributed by atoms with E-state index in [9.17, 15) is 9.59 Å². The van der Waals surface area contributed by atoms with E-state index in [1.54, 1.807) is 42.5 Å². The number of ketones is 1. The fourth-order valence-electron chi connectivity index (χ4n) is 2.08. The van der Waals surface area contributed by atoms with Crippen molar-refractivity contribution in [2.45, 2.75) is 12.1 Å². The van der Waals surface area contributed by atoms with Crippen LogP contribution in [-0.2, 0) is 4.79 Å². The number of Topliss-reactive ketones (excluding diaryl/α,β-unsaturated/α-hetero) is 1. The Bertz CT molecular complexity index is 923. The van der Waals surface area contributed by atoms with Gasteiger partial charge in [-0.05, 0) is 31.2 Å². The first kappa shape index (κ1) is 16.5. The molecule has 1 amide bonds. The minimum atomic E-state index is -0.207. The number of hydrogen-bond acceptors (Lipinski definition) is 5.